The number of piperidine rings is 1. The molecule has 1 aromatic carbocycles. The van der Waals surface area contributed by atoms with E-state index in [1.54, 1.807) is 7.11 Å². The average Bonchev–Trinajstić information content (AvgIpc) is 2.93. The van der Waals surface area contributed by atoms with Gasteiger partial charge in [0.2, 0.25) is 5.91 Å². The van der Waals surface area contributed by atoms with E-state index in [1.807, 2.05) is 6.07 Å². The molecule has 0 bridgehead atoms. The number of rotatable bonds is 4. The molecule has 4 nitrogen and oxygen atoms in total. The SMILES string of the molecule is COCC1(C(=O)NC2CCc3c(Br)cccc32)CCNCC1.Cl. The third-order valence-electron chi connectivity index (χ3n) is 4.98. The van der Waals surface area contributed by atoms with Crippen molar-refractivity contribution in [3.8, 4) is 0 Å². The van der Waals surface area contributed by atoms with Gasteiger partial charge in [0.1, 0.15) is 0 Å². The predicted molar refractivity (Wildman–Crippen MR) is 97.0 cm³/mol. The molecule has 128 valence electrons. The third kappa shape index (κ3) is 3.73. The van der Waals surface area contributed by atoms with E-state index in [2.05, 4.69) is 38.7 Å². The minimum absolute atomic E-state index is 0. The third-order valence-corrected chi connectivity index (χ3v) is 5.72. The zero-order valence-electron chi connectivity index (χ0n) is 13.4. The molecular formula is C17H24BrClN2O2. The van der Waals surface area contributed by atoms with E-state index < -0.39 is 0 Å². The van der Waals surface area contributed by atoms with Crippen LogP contribution in [0, 0.1) is 5.41 Å². The summed E-state index contributed by atoms with van der Waals surface area (Å²) in [5.74, 6) is 0.147. The number of halogens is 2. The maximum atomic E-state index is 12.9. The first-order valence-corrected chi connectivity index (χ1v) is 8.73. The van der Waals surface area contributed by atoms with E-state index in [-0.39, 0.29) is 29.8 Å². The number of amides is 1. The van der Waals surface area contributed by atoms with E-state index in [0.29, 0.717) is 6.61 Å². The van der Waals surface area contributed by atoms with Crippen molar-refractivity contribution in [3.63, 3.8) is 0 Å². The molecule has 0 radical (unpaired) electrons. The molecule has 6 heteroatoms. The minimum Gasteiger partial charge on any atom is -0.384 e. The van der Waals surface area contributed by atoms with Crippen molar-refractivity contribution in [1.82, 2.24) is 10.6 Å². The Hall–Kier alpha value is -0.620. The number of ether oxygens (including phenoxy) is 1. The van der Waals surface area contributed by atoms with E-state index in [1.165, 1.54) is 11.1 Å². The summed E-state index contributed by atoms with van der Waals surface area (Å²) in [6, 6.07) is 6.37. The van der Waals surface area contributed by atoms with Crippen molar-refractivity contribution in [2.45, 2.75) is 31.7 Å². The topological polar surface area (TPSA) is 50.4 Å². The molecule has 23 heavy (non-hydrogen) atoms. The second-order valence-corrected chi connectivity index (χ2v) is 7.19. The van der Waals surface area contributed by atoms with Gasteiger partial charge in [0.05, 0.1) is 18.1 Å². The molecule has 1 atom stereocenters. The maximum Gasteiger partial charge on any atom is 0.229 e. The van der Waals surface area contributed by atoms with Gasteiger partial charge in [0.15, 0.2) is 0 Å². The average molecular weight is 404 g/mol. The Morgan fingerprint density at radius 3 is 2.87 bits per heavy atom. The lowest BCUT2D eigenvalue weighted by molar-refractivity contribution is -0.137. The Kier molecular flexibility index (Phi) is 6.48. The highest BCUT2D eigenvalue weighted by Crippen LogP contribution is 2.37. The van der Waals surface area contributed by atoms with Crippen LogP contribution in [0.4, 0.5) is 0 Å². The van der Waals surface area contributed by atoms with E-state index in [0.717, 1.165) is 43.2 Å². The summed E-state index contributed by atoms with van der Waals surface area (Å²) in [5, 5.41) is 6.62. The summed E-state index contributed by atoms with van der Waals surface area (Å²) < 4.78 is 6.51. The molecule has 1 amide bonds. The van der Waals surface area contributed by atoms with Gasteiger partial charge in [0, 0.05) is 11.6 Å². The van der Waals surface area contributed by atoms with Crippen molar-refractivity contribution in [2.24, 2.45) is 5.41 Å². The molecule has 1 heterocycles. The number of benzene rings is 1. The van der Waals surface area contributed by atoms with Gasteiger partial charge >= 0.3 is 0 Å². The lowest BCUT2D eigenvalue weighted by atomic mass is 9.78. The molecule has 1 saturated heterocycles. The molecule has 2 aliphatic rings. The normalized spacial score (nSPS) is 22.1. The summed E-state index contributed by atoms with van der Waals surface area (Å²) in [4.78, 5) is 12.9. The van der Waals surface area contributed by atoms with E-state index in [9.17, 15) is 4.79 Å². The van der Waals surface area contributed by atoms with Crippen LogP contribution in [0.15, 0.2) is 22.7 Å². The summed E-state index contributed by atoms with van der Waals surface area (Å²) in [6.45, 7) is 2.26. The van der Waals surface area contributed by atoms with Gasteiger partial charge in [-0.2, -0.15) is 0 Å². The fourth-order valence-corrected chi connectivity index (χ4v) is 4.27. The van der Waals surface area contributed by atoms with Crippen LogP contribution in [-0.2, 0) is 16.0 Å². The van der Waals surface area contributed by atoms with Gasteiger partial charge < -0.3 is 15.4 Å². The van der Waals surface area contributed by atoms with Crippen LogP contribution in [0.25, 0.3) is 0 Å². The quantitative estimate of drug-likeness (QED) is 0.812. The Morgan fingerprint density at radius 1 is 1.43 bits per heavy atom. The first kappa shape index (κ1) is 18.7. The van der Waals surface area contributed by atoms with Crippen LogP contribution in [0.1, 0.15) is 36.4 Å². The number of hydrogen-bond acceptors (Lipinski definition) is 3. The number of methoxy groups -OCH3 is 1. The Labute approximate surface area is 152 Å². The molecule has 1 aliphatic heterocycles. The summed E-state index contributed by atoms with van der Waals surface area (Å²) in [5.41, 5.74) is 2.21. The highest BCUT2D eigenvalue weighted by molar-refractivity contribution is 9.10. The van der Waals surface area contributed by atoms with E-state index in [4.69, 9.17) is 4.74 Å². The van der Waals surface area contributed by atoms with Gasteiger partial charge in [-0.15, -0.1) is 12.4 Å². The number of fused-ring (bicyclic) bond motifs is 1. The van der Waals surface area contributed by atoms with Crippen molar-refractivity contribution >= 4 is 34.2 Å². The largest absolute Gasteiger partial charge is 0.384 e. The number of carbonyl (C=O) groups is 1. The first-order valence-electron chi connectivity index (χ1n) is 7.94. The van der Waals surface area contributed by atoms with Crippen LogP contribution in [-0.4, -0.2) is 32.7 Å². The molecule has 1 aliphatic carbocycles. The number of carbonyl (C=O) groups excluding carboxylic acids is 1. The molecule has 1 unspecified atom stereocenters. The molecule has 1 fully saturated rings. The molecule has 1 aromatic rings. The summed E-state index contributed by atoms with van der Waals surface area (Å²) >= 11 is 3.61. The first-order chi connectivity index (χ1) is 10.7. The number of nitrogens with one attached hydrogen (secondary N) is 2. The summed E-state index contributed by atoms with van der Waals surface area (Å²) in [7, 11) is 1.68. The second kappa shape index (κ2) is 7.97. The standard InChI is InChI=1S/C17H23BrN2O2.ClH/c1-22-11-17(7-9-19-10-8-17)16(21)20-15-6-5-12-13(15)3-2-4-14(12)18;/h2-4,15,19H,5-11H2,1H3,(H,20,21);1H. The second-order valence-electron chi connectivity index (χ2n) is 6.34. The lowest BCUT2D eigenvalue weighted by Crippen LogP contribution is -2.50. The molecule has 0 saturated carbocycles. The molecule has 3 rings (SSSR count). The van der Waals surface area contributed by atoms with Gasteiger partial charge in [0.25, 0.3) is 0 Å². The number of hydrogen-bond donors (Lipinski definition) is 2. The van der Waals surface area contributed by atoms with Crippen LogP contribution in [0.2, 0.25) is 0 Å². The molecule has 0 spiro atoms. The minimum atomic E-state index is -0.380. The van der Waals surface area contributed by atoms with Crippen molar-refractivity contribution in [2.75, 3.05) is 26.8 Å². The molecule has 2 N–H and O–H groups in total. The van der Waals surface area contributed by atoms with Crippen molar-refractivity contribution in [1.29, 1.82) is 0 Å². The van der Waals surface area contributed by atoms with E-state index >= 15 is 0 Å². The van der Waals surface area contributed by atoms with Crippen LogP contribution < -0.4 is 10.6 Å². The fourth-order valence-electron chi connectivity index (χ4n) is 3.69. The monoisotopic (exact) mass is 402 g/mol. The predicted octanol–water partition coefficient (Wildman–Crippen LogP) is 2.99. The smallest absolute Gasteiger partial charge is 0.229 e. The Morgan fingerprint density at radius 2 is 2.17 bits per heavy atom. The highest BCUT2D eigenvalue weighted by atomic mass is 79.9. The van der Waals surface area contributed by atoms with Crippen LogP contribution in [0.5, 0.6) is 0 Å². The fraction of sp³-hybridized carbons (Fsp3) is 0.588. The van der Waals surface area contributed by atoms with Crippen LogP contribution >= 0.6 is 28.3 Å². The highest BCUT2D eigenvalue weighted by Gasteiger charge is 2.41. The lowest BCUT2D eigenvalue weighted by Gasteiger charge is -2.36. The molecule has 0 aromatic heterocycles. The van der Waals surface area contributed by atoms with Gasteiger partial charge in [-0.05, 0) is 56.0 Å². The molecular weight excluding hydrogens is 380 g/mol. The Balaban J connectivity index is 0.00000192. The zero-order valence-corrected chi connectivity index (χ0v) is 15.8. The van der Waals surface area contributed by atoms with Crippen LogP contribution in [0.3, 0.4) is 0 Å². The van der Waals surface area contributed by atoms with Crippen molar-refractivity contribution in [3.05, 3.63) is 33.8 Å². The Bertz CT molecular complexity index is 556. The summed E-state index contributed by atoms with van der Waals surface area (Å²) in [6.07, 6.45) is 3.67. The van der Waals surface area contributed by atoms with Gasteiger partial charge in [-0.3, -0.25) is 4.79 Å². The van der Waals surface area contributed by atoms with Gasteiger partial charge in [-0.1, -0.05) is 28.1 Å². The van der Waals surface area contributed by atoms with Gasteiger partial charge in [-0.25, -0.2) is 0 Å². The van der Waals surface area contributed by atoms with Crippen molar-refractivity contribution < 1.29 is 9.53 Å². The maximum absolute atomic E-state index is 12.9. The zero-order chi connectivity index (χ0) is 15.6.